The first-order valence-electron chi connectivity index (χ1n) is 5.35. The van der Waals surface area contributed by atoms with Gasteiger partial charge >= 0.3 is 0 Å². The Kier molecular flexibility index (Phi) is 4.91. The fraction of sp³-hybridized carbons (Fsp3) is 0.700. The molecular formula is C10H19N3O2S2. The summed E-state index contributed by atoms with van der Waals surface area (Å²) in [6.07, 6.45) is 3.08. The van der Waals surface area contributed by atoms with Crippen LogP contribution in [0.2, 0.25) is 0 Å². The Hall–Kier alpha value is -0.660. The normalized spacial score (nSPS) is 13.6. The van der Waals surface area contributed by atoms with Gasteiger partial charge in [-0.3, -0.25) is 0 Å². The number of nitrogens with zero attached hydrogens (tertiary/aromatic N) is 2. The lowest BCUT2D eigenvalue weighted by Gasteiger charge is -2.14. The summed E-state index contributed by atoms with van der Waals surface area (Å²) in [5.41, 5.74) is 0. The molecule has 1 unspecified atom stereocenters. The predicted molar refractivity (Wildman–Crippen MR) is 72.6 cm³/mol. The molecule has 0 aromatic carbocycles. The maximum atomic E-state index is 11.1. The minimum Gasteiger partial charge on any atom is -0.350 e. The van der Waals surface area contributed by atoms with Crippen LogP contribution in [0.4, 0.5) is 5.13 Å². The molecule has 0 saturated carbocycles. The molecule has 0 aliphatic rings. The quantitative estimate of drug-likeness (QED) is 0.837. The third-order valence-corrected chi connectivity index (χ3v) is 4.71. The Morgan fingerprint density at radius 2 is 2.24 bits per heavy atom. The van der Waals surface area contributed by atoms with Gasteiger partial charge in [-0.1, -0.05) is 0 Å². The summed E-state index contributed by atoms with van der Waals surface area (Å²) in [5, 5.41) is 4.00. The number of nitrogens with one attached hydrogen (secondary N) is 1. The first-order chi connectivity index (χ1) is 7.83. The van der Waals surface area contributed by atoms with Crippen molar-refractivity contribution in [2.45, 2.75) is 13.0 Å². The van der Waals surface area contributed by atoms with E-state index in [9.17, 15) is 8.42 Å². The minimum absolute atomic E-state index is 0.153. The van der Waals surface area contributed by atoms with Gasteiger partial charge in [-0.2, -0.15) is 0 Å². The minimum atomic E-state index is -2.92. The van der Waals surface area contributed by atoms with Crippen molar-refractivity contribution in [3.05, 3.63) is 11.1 Å². The van der Waals surface area contributed by atoms with Crippen molar-refractivity contribution in [1.82, 2.24) is 10.3 Å². The first-order valence-corrected chi connectivity index (χ1v) is 8.23. The summed E-state index contributed by atoms with van der Waals surface area (Å²) in [5.74, 6) is 0.153. The van der Waals surface area contributed by atoms with Gasteiger partial charge < -0.3 is 10.2 Å². The first kappa shape index (κ1) is 14.4. The molecule has 0 spiro atoms. The van der Waals surface area contributed by atoms with E-state index in [1.165, 1.54) is 6.26 Å². The molecule has 1 rings (SSSR count). The third-order valence-electron chi connectivity index (χ3n) is 2.50. The lowest BCUT2D eigenvalue weighted by atomic mass is 10.3. The van der Waals surface area contributed by atoms with Gasteiger partial charge in [-0.25, -0.2) is 13.4 Å². The molecule has 5 nitrogen and oxygen atoms in total. The van der Waals surface area contributed by atoms with E-state index in [0.29, 0.717) is 6.54 Å². The van der Waals surface area contributed by atoms with Crippen LogP contribution in [-0.2, 0) is 9.84 Å². The summed E-state index contributed by atoms with van der Waals surface area (Å²) >= 11 is 1.58. The molecule has 0 radical (unpaired) electrons. The van der Waals surface area contributed by atoms with Crippen molar-refractivity contribution in [3.8, 4) is 0 Å². The number of sulfone groups is 1. The third kappa shape index (κ3) is 4.61. The Morgan fingerprint density at radius 3 is 2.76 bits per heavy atom. The molecule has 1 aromatic rings. The van der Waals surface area contributed by atoms with Crippen molar-refractivity contribution < 1.29 is 8.42 Å². The molecular weight excluding hydrogens is 258 g/mol. The van der Waals surface area contributed by atoms with Crippen LogP contribution in [0.1, 0.15) is 17.8 Å². The smallest absolute Gasteiger partial charge is 0.185 e. The number of aromatic nitrogens is 1. The molecule has 0 amide bonds. The van der Waals surface area contributed by atoms with E-state index in [1.807, 2.05) is 25.2 Å². The number of anilines is 1. The van der Waals surface area contributed by atoms with Crippen molar-refractivity contribution in [2.24, 2.45) is 0 Å². The van der Waals surface area contributed by atoms with Gasteiger partial charge in [0, 0.05) is 37.0 Å². The largest absolute Gasteiger partial charge is 0.350 e. The Balaban J connectivity index is 2.64. The SMILES string of the molecule is CNC(C)c1cnc(N(C)CCS(C)(=O)=O)s1. The Morgan fingerprint density at radius 1 is 1.59 bits per heavy atom. The maximum absolute atomic E-state index is 11.1. The lowest BCUT2D eigenvalue weighted by molar-refractivity contribution is 0.601. The maximum Gasteiger partial charge on any atom is 0.185 e. The van der Waals surface area contributed by atoms with Gasteiger partial charge in [0.1, 0.15) is 9.84 Å². The van der Waals surface area contributed by atoms with E-state index in [4.69, 9.17) is 0 Å². The second-order valence-corrected chi connectivity index (χ2v) is 7.41. The molecule has 0 aliphatic heterocycles. The highest BCUT2D eigenvalue weighted by molar-refractivity contribution is 7.90. The highest BCUT2D eigenvalue weighted by Gasteiger charge is 2.12. The summed E-state index contributed by atoms with van der Waals surface area (Å²) < 4.78 is 22.1. The topological polar surface area (TPSA) is 62.3 Å². The molecule has 0 saturated heterocycles. The molecule has 1 N–H and O–H groups in total. The van der Waals surface area contributed by atoms with Gasteiger partial charge in [0.2, 0.25) is 0 Å². The van der Waals surface area contributed by atoms with Crippen molar-refractivity contribution >= 4 is 26.3 Å². The Labute approximate surface area is 107 Å². The van der Waals surface area contributed by atoms with E-state index in [1.54, 1.807) is 11.3 Å². The molecule has 1 atom stereocenters. The molecule has 0 fully saturated rings. The molecule has 0 bridgehead atoms. The standard InChI is InChI=1S/C10H19N3O2S2/c1-8(11-2)9-7-12-10(16-9)13(3)5-6-17(4,14)15/h7-8,11H,5-6H2,1-4H3. The fourth-order valence-corrected chi connectivity index (χ4v) is 2.76. The highest BCUT2D eigenvalue weighted by Crippen LogP contribution is 2.25. The van der Waals surface area contributed by atoms with Crippen LogP contribution in [0.5, 0.6) is 0 Å². The second-order valence-electron chi connectivity index (χ2n) is 4.11. The molecule has 98 valence electrons. The van der Waals surface area contributed by atoms with Crippen LogP contribution in [0.3, 0.4) is 0 Å². The highest BCUT2D eigenvalue weighted by atomic mass is 32.2. The Bertz CT molecular complexity index is 456. The van der Waals surface area contributed by atoms with Crippen LogP contribution in [-0.4, -0.2) is 46.1 Å². The fourth-order valence-electron chi connectivity index (χ4n) is 1.19. The van der Waals surface area contributed by atoms with Gasteiger partial charge in [0.05, 0.1) is 5.75 Å². The van der Waals surface area contributed by atoms with Crippen molar-refractivity contribution in [2.75, 3.05) is 37.5 Å². The number of rotatable bonds is 6. The second kappa shape index (κ2) is 5.79. The van der Waals surface area contributed by atoms with Crippen molar-refractivity contribution in [1.29, 1.82) is 0 Å². The van der Waals surface area contributed by atoms with E-state index in [2.05, 4.69) is 17.2 Å². The van der Waals surface area contributed by atoms with Crippen LogP contribution >= 0.6 is 11.3 Å². The average molecular weight is 277 g/mol. The summed E-state index contributed by atoms with van der Waals surface area (Å²) in [6.45, 7) is 2.54. The van der Waals surface area contributed by atoms with Crippen LogP contribution in [0.15, 0.2) is 6.20 Å². The van der Waals surface area contributed by atoms with Crippen LogP contribution in [0.25, 0.3) is 0 Å². The van der Waals surface area contributed by atoms with Crippen LogP contribution in [0, 0.1) is 0 Å². The van der Waals surface area contributed by atoms with E-state index in [0.717, 1.165) is 10.0 Å². The van der Waals surface area contributed by atoms with Gasteiger partial charge in [0.25, 0.3) is 0 Å². The zero-order valence-electron chi connectivity index (χ0n) is 10.6. The van der Waals surface area contributed by atoms with Gasteiger partial charge in [-0.05, 0) is 14.0 Å². The number of thiazole rings is 1. The lowest BCUT2D eigenvalue weighted by Crippen LogP contribution is -2.24. The molecule has 7 heteroatoms. The predicted octanol–water partition coefficient (Wildman–Crippen LogP) is 0.904. The zero-order chi connectivity index (χ0) is 13.1. The van der Waals surface area contributed by atoms with E-state index < -0.39 is 9.84 Å². The number of hydrogen-bond donors (Lipinski definition) is 1. The van der Waals surface area contributed by atoms with Gasteiger partial charge in [0.15, 0.2) is 5.13 Å². The number of hydrogen-bond acceptors (Lipinski definition) is 6. The van der Waals surface area contributed by atoms with E-state index in [-0.39, 0.29) is 11.8 Å². The van der Waals surface area contributed by atoms with E-state index >= 15 is 0 Å². The summed E-state index contributed by atoms with van der Waals surface area (Å²) in [6, 6.07) is 0.268. The summed E-state index contributed by atoms with van der Waals surface area (Å²) in [7, 11) is 0.841. The van der Waals surface area contributed by atoms with Crippen LogP contribution < -0.4 is 10.2 Å². The van der Waals surface area contributed by atoms with Gasteiger partial charge in [-0.15, -0.1) is 11.3 Å². The molecule has 17 heavy (non-hydrogen) atoms. The zero-order valence-corrected chi connectivity index (χ0v) is 12.2. The average Bonchev–Trinajstić information content (AvgIpc) is 2.73. The molecule has 1 aromatic heterocycles. The monoisotopic (exact) mass is 277 g/mol. The summed E-state index contributed by atoms with van der Waals surface area (Å²) in [4.78, 5) is 7.31. The van der Waals surface area contributed by atoms with Crippen molar-refractivity contribution in [3.63, 3.8) is 0 Å². The molecule has 0 aliphatic carbocycles. The molecule has 1 heterocycles.